The summed E-state index contributed by atoms with van der Waals surface area (Å²) >= 11 is 0. The van der Waals surface area contributed by atoms with E-state index in [0.29, 0.717) is 11.3 Å². The first-order chi connectivity index (χ1) is 9.81. The van der Waals surface area contributed by atoms with Gasteiger partial charge >= 0.3 is 12.1 Å². The molecule has 0 amide bonds. The number of carbonyl (C=O) groups is 1. The van der Waals surface area contributed by atoms with Crippen molar-refractivity contribution in [1.82, 2.24) is 9.78 Å². The van der Waals surface area contributed by atoms with E-state index in [1.54, 1.807) is 0 Å². The minimum absolute atomic E-state index is 0.0222. The SMILES string of the molecule is COc1ccc(C(=O)O)cc1Cn1ccc(C(F)(F)F)n1. The first-order valence-corrected chi connectivity index (χ1v) is 5.82. The van der Waals surface area contributed by atoms with Crippen LogP contribution in [0.5, 0.6) is 5.75 Å². The lowest BCUT2D eigenvalue weighted by atomic mass is 10.1. The summed E-state index contributed by atoms with van der Waals surface area (Å²) in [5.41, 5.74) is -0.556. The zero-order valence-corrected chi connectivity index (χ0v) is 10.9. The molecule has 0 saturated carbocycles. The van der Waals surface area contributed by atoms with Crippen LogP contribution in [0.15, 0.2) is 30.5 Å². The van der Waals surface area contributed by atoms with E-state index >= 15 is 0 Å². The van der Waals surface area contributed by atoms with Crippen LogP contribution in [0.25, 0.3) is 0 Å². The van der Waals surface area contributed by atoms with Gasteiger partial charge in [-0.1, -0.05) is 0 Å². The number of aromatic carboxylic acids is 1. The summed E-state index contributed by atoms with van der Waals surface area (Å²) in [6.07, 6.45) is -3.34. The summed E-state index contributed by atoms with van der Waals surface area (Å²) in [5.74, 6) is -0.751. The molecule has 0 saturated heterocycles. The van der Waals surface area contributed by atoms with Crippen molar-refractivity contribution in [2.75, 3.05) is 7.11 Å². The van der Waals surface area contributed by atoms with Crippen LogP contribution in [0, 0.1) is 0 Å². The number of aromatic nitrogens is 2. The van der Waals surface area contributed by atoms with Crippen molar-refractivity contribution in [1.29, 1.82) is 0 Å². The Morgan fingerprint density at radius 3 is 2.62 bits per heavy atom. The fraction of sp³-hybridized carbons (Fsp3) is 0.231. The van der Waals surface area contributed by atoms with E-state index in [1.807, 2.05) is 0 Å². The predicted molar refractivity (Wildman–Crippen MR) is 66.3 cm³/mol. The van der Waals surface area contributed by atoms with E-state index in [1.165, 1.54) is 31.5 Å². The second-order valence-electron chi connectivity index (χ2n) is 4.23. The van der Waals surface area contributed by atoms with Gasteiger partial charge in [0.1, 0.15) is 5.75 Å². The number of benzene rings is 1. The zero-order chi connectivity index (χ0) is 15.6. The fourth-order valence-electron chi connectivity index (χ4n) is 1.81. The second kappa shape index (κ2) is 5.47. The molecular weight excluding hydrogens is 289 g/mol. The Morgan fingerprint density at radius 1 is 1.38 bits per heavy atom. The molecule has 21 heavy (non-hydrogen) atoms. The molecule has 2 rings (SSSR count). The first kappa shape index (κ1) is 14.9. The van der Waals surface area contributed by atoms with Crippen molar-refractivity contribution in [3.8, 4) is 5.75 Å². The van der Waals surface area contributed by atoms with Gasteiger partial charge in [-0.25, -0.2) is 4.79 Å². The summed E-state index contributed by atoms with van der Waals surface area (Å²) in [5, 5.41) is 12.4. The van der Waals surface area contributed by atoms with E-state index in [-0.39, 0.29) is 12.1 Å². The Balaban J connectivity index is 2.32. The Morgan fingerprint density at radius 2 is 2.10 bits per heavy atom. The fourth-order valence-corrected chi connectivity index (χ4v) is 1.81. The molecule has 0 aliphatic carbocycles. The molecule has 1 aromatic carbocycles. The third kappa shape index (κ3) is 3.33. The Hall–Kier alpha value is -2.51. The van der Waals surface area contributed by atoms with Crippen molar-refractivity contribution in [3.63, 3.8) is 0 Å². The smallest absolute Gasteiger partial charge is 0.435 e. The van der Waals surface area contributed by atoms with Crippen molar-refractivity contribution >= 4 is 5.97 Å². The van der Waals surface area contributed by atoms with Crippen LogP contribution >= 0.6 is 0 Å². The minimum Gasteiger partial charge on any atom is -0.496 e. The monoisotopic (exact) mass is 300 g/mol. The lowest BCUT2D eigenvalue weighted by Gasteiger charge is -2.10. The highest BCUT2D eigenvalue weighted by molar-refractivity contribution is 5.88. The molecule has 0 unspecified atom stereocenters. The Bertz CT molecular complexity index is 665. The lowest BCUT2D eigenvalue weighted by molar-refractivity contribution is -0.141. The predicted octanol–water partition coefficient (Wildman–Crippen LogP) is 2.66. The number of hydrogen-bond acceptors (Lipinski definition) is 3. The number of alkyl halides is 3. The maximum atomic E-state index is 12.5. The number of carboxylic acid groups (broad SMARTS) is 1. The van der Waals surface area contributed by atoms with Crippen LogP contribution in [0.4, 0.5) is 13.2 Å². The number of nitrogens with zero attached hydrogens (tertiary/aromatic N) is 2. The van der Waals surface area contributed by atoms with Crippen LogP contribution in [-0.2, 0) is 12.7 Å². The molecule has 0 fully saturated rings. The van der Waals surface area contributed by atoms with Gasteiger partial charge in [0, 0.05) is 11.8 Å². The van der Waals surface area contributed by atoms with Crippen LogP contribution in [0.3, 0.4) is 0 Å². The molecule has 0 bridgehead atoms. The number of halogens is 3. The van der Waals surface area contributed by atoms with E-state index in [2.05, 4.69) is 5.10 Å². The molecule has 8 heteroatoms. The van der Waals surface area contributed by atoms with Crippen LogP contribution in [0.2, 0.25) is 0 Å². The molecule has 0 aliphatic rings. The van der Waals surface area contributed by atoms with Gasteiger partial charge in [-0.05, 0) is 24.3 Å². The number of hydrogen-bond donors (Lipinski definition) is 1. The van der Waals surface area contributed by atoms with Crippen LogP contribution in [0.1, 0.15) is 21.6 Å². The van der Waals surface area contributed by atoms with Gasteiger partial charge < -0.3 is 9.84 Å². The maximum Gasteiger partial charge on any atom is 0.435 e. The zero-order valence-electron chi connectivity index (χ0n) is 10.9. The van der Waals surface area contributed by atoms with Gasteiger partial charge in [0.2, 0.25) is 0 Å². The lowest BCUT2D eigenvalue weighted by Crippen LogP contribution is -2.09. The molecule has 1 aromatic heterocycles. The van der Waals surface area contributed by atoms with Gasteiger partial charge in [0.15, 0.2) is 5.69 Å². The van der Waals surface area contributed by atoms with Crippen molar-refractivity contribution < 1.29 is 27.8 Å². The van der Waals surface area contributed by atoms with Gasteiger partial charge in [0.05, 0.1) is 19.2 Å². The highest BCUT2D eigenvalue weighted by Crippen LogP contribution is 2.28. The number of ether oxygens (including phenoxy) is 1. The second-order valence-corrected chi connectivity index (χ2v) is 4.23. The summed E-state index contributed by atoms with van der Waals surface area (Å²) in [6, 6.07) is 5.01. The summed E-state index contributed by atoms with van der Waals surface area (Å²) < 4.78 is 43.6. The summed E-state index contributed by atoms with van der Waals surface area (Å²) in [6.45, 7) is -0.0274. The standard InChI is InChI=1S/C13H11F3N2O3/c1-21-10-3-2-8(12(19)20)6-9(10)7-18-5-4-11(17-18)13(14,15)16/h2-6H,7H2,1H3,(H,19,20). The maximum absolute atomic E-state index is 12.5. The summed E-state index contributed by atoms with van der Waals surface area (Å²) in [7, 11) is 1.39. The average molecular weight is 300 g/mol. The number of rotatable bonds is 4. The molecule has 1 heterocycles. The number of carboxylic acids is 1. The highest BCUT2D eigenvalue weighted by Gasteiger charge is 2.33. The normalized spacial score (nSPS) is 11.4. The Kier molecular flexibility index (Phi) is 3.88. The molecule has 2 aromatic rings. The minimum atomic E-state index is -4.52. The van der Waals surface area contributed by atoms with E-state index in [0.717, 1.165) is 10.7 Å². The van der Waals surface area contributed by atoms with Gasteiger partial charge in [0.25, 0.3) is 0 Å². The molecule has 0 atom stereocenters. The molecular formula is C13H11F3N2O3. The number of methoxy groups -OCH3 is 1. The highest BCUT2D eigenvalue weighted by atomic mass is 19.4. The van der Waals surface area contributed by atoms with Crippen molar-refractivity contribution in [2.45, 2.75) is 12.7 Å². The first-order valence-electron chi connectivity index (χ1n) is 5.82. The molecule has 0 spiro atoms. The van der Waals surface area contributed by atoms with Gasteiger partial charge in [-0.15, -0.1) is 0 Å². The average Bonchev–Trinajstić information content (AvgIpc) is 2.87. The van der Waals surface area contributed by atoms with Crippen LogP contribution < -0.4 is 4.74 Å². The molecule has 1 N–H and O–H groups in total. The topological polar surface area (TPSA) is 64.3 Å². The Labute approximate surface area is 117 Å². The van der Waals surface area contributed by atoms with Crippen molar-refractivity contribution in [3.05, 3.63) is 47.3 Å². The molecule has 0 aliphatic heterocycles. The molecule has 5 nitrogen and oxygen atoms in total. The third-order valence-corrected chi connectivity index (χ3v) is 2.79. The van der Waals surface area contributed by atoms with E-state index in [4.69, 9.17) is 9.84 Å². The molecule has 0 radical (unpaired) electrons. The quantitative estimate of drug-likeness (QED) is 0.943. The third-order valence-electron chi connectivity index (χ3n) is 2.79. The van der Waals surface area contributed by atoms with E-state index in [9.17, 15) is 18.0 Å². The van der Waals surface area contributed by atoms with Gasteiger partial charge in [-0.2, -0.15) is 18.3 Å². The van der Waals surface area contributed by atoms with Crippen LogP contribution in [-0.4, -0.2) is 28.0 Å². The molecule has 112 valence electrons. The largest absolute Gasteiger partial charge is 0.496 e. The summed E-state index contributed by atoms with van der Waals surface area (Å²) in [4.78, 5) is 10.9. The van der Waals surface area contributed by atoms with Gasteiger partial charge in [-0.3, -0.25) is 4.68 Å². The van der Waals surface area contributed by atoms with E-state index < -0.39 is 17.8 Å². The van der Waals surface area contributed by atoms with Crippen molar-refractivity contribution in [2.24, 2.45) is 0 Å².